The molecule has 2 atom stereocenters. The van der Waals surface area contributed by atoms with E-state index in [1.54, 1.807) is 0 Å². The lowest BCUT2D eigenvalue weighted by atomic mass is 9.97. The van der Waals surface area contributed by atoms with Gasteiger partial charge in [0.1, 0.15) is 0 Å². The van der Waals surface area contributed by atoms with Gasteiger partial charge in [0.05, 0.1) is 6.07 Å². The van der Waals surface area contributed by atoms with E-state index < -0.39 is 0 Å². The summed E-state index contributed by atoms with van der Waals surface area (Å²) in [7, 11) is 0. The van der Waals surface area contributed by atoms with Crippen LogP contribution >= 0.6 is 0 Å². The van der Waals surface area contributed by atoms with Gasteiger partial charge in [-0.2, -0.15) is 5.26 Å². The number of hydrogen-bond acceptors (Lipinski definition) is 1. The molecule has 0 aliphatic carbocycles. The molecule has 0 aromatic carbocycles. The highest BCUT2D eigenvalue weighted by Gasteiger charge is 2.03. The van der Waals surface area contributed by atoms with Crippen molar-refractivity contribution in [2.45, 2.75) is 65.7 Å². The van der Waals surface area contributed by atoms with Crippen LogP contribution < -0.4 is 0 Å². The van der Waals surface area contributed by atoms with E-state index in [2.05, 4.69) is 26.8 Å². The molecule has 0 N–H and O–H groups in total. The standard InChI is InChI=1S/C13H25N/c1-4-12(3)9-7-6-8-10-13(5-2)11-14/h12-13H,4-10H2,1-3H3. The molecule has 0 rings (SSSR count). The number of hydrogen-bond donors (Lipinski definition) is 0. The quantitative estimate of drug-likeness (QED) is 0.522. The number of unbranched alkanes of at least 4 members (excludes halogenated alkanes) is 2. The Hall–Kier alpha value is -0.510. The molecule has 0 amide bonds. The molecule has 0 aromatic rings. The Labute approximate surface area is 89.5 Å². The lowest BCUT2D eigenvalue weighted by molar-refractivity contribution is 0.459. The second-order valence-corrected chi connectivity index (χ2v) is 4.39. The first-order valence-corrected chi connectivity index (χ1v) is 6.14. The Bertz CT molecular complexity index is 157. The average Bonchev–Trinajstić information content (AvgIpc) is 2.23. The largest absolute Gasteiger partial charge is 0.198 e. The molecule has 14 heavy (non-hydrogen) atoms. The smallest absolute Gasteiger partial charge is 0.0655 e. The van der Waals surface area contributed by atoms with Crippen LogP contribution in [0.1, 0.15) is 65.7 Å². The first-order valence-electron chi connectivity index (χ1n) is 6.14. The van der Waals surface area contributed by atoms with Gasteiger partial charge in [-0.25, -0.2) is 0 Å². The van der Waals surface area contributed by atoms with Gasteiger partial charge in [0.25, 0.3) is 0 Å². The maximum atomic E-state index is 8.76. The Kier molecular flexibility index (Phi) is 8.73. The van der Waals surface area contributed by atoms with E-state index in [4.69, 9.17) is 5.26 Å². The highest BCUT2D eigenvalue weighted by molar-refractivity contribution is 4.80. The third kappa shape index (κ3) is 6.95. The zero-order valence-corrected chi connectivity index (χ0v) is 10.1. The molecule has 0 heterocycles. The maximum Gasteiger partial charge on any atom is 0.0655 e. The predicted molar refractivity (Wildman–Crippen MR) is 61.9 cm³/mol. The van der Waals surface area contributed by atoms with Crippen molar-refractivity contribution in [2.24, 2.45) is 11.8 Å². The van der Waals surface area contributed by atoms with Gasteiger partial charge in [-0.1, -0.05) is 52.9 Å². The minimum Gasteiger partial charge on any atom is -0.198 e. The maximum absolute atomic E-state index is 8.76. The van der Waals surface area contributed by atoms with Gasteiger partial charge >= 0.3 is 0 Å². The molecule has 0 saturated heterocycles. The minimum absolute atomic E-state index is 0.304. The summed E-state index contributed by atoms with van der Waals surface area (Å²) in [5.74, 6) is 1.19. The van der Waals surface area contributed by atoms with Crippen molar-refractivity contribution in [3.63, 3.8) is 0 Å². The topological polar surface area (TPSA) is 23.8 Å². The van der Waals surface area contributed by atoms with Gasteiger partial charge < -0.3 is 0 Å². The second-order valence-electron chi connectivity index (χ2n) is 4.39. The van der Waals surface area contributed by atoms with Crippen LogP contribution in [0.15, 0.2) is 0 Å². The molecule has 0 aliphatic rings. The third-order valence-electron chi connectivity index (χ3n) is 3.12. The molecule has 1 nitrogen and oxygen atoms in total. The van der Waals surface area contributed by atoms with Crippen LogP contribution in [-0.4, -0.2) is 0 Å². The van der Waals surface area contributed by atoms with Crippen molar-refractivity contribution in [3.05, 3.63) is 0 Å². The van der Waals surface area contributed by atoms with Crippen LogP contribution in [0.25, 0.3) is 0 Å². The van der Waals surface area contributed by atoms with Crippen LogP contribution in [0, 0.1) is 23.2 Å². The molecular formula is C13H25N. The number of rotatable bonds is 8. The van der Waals surface area contributed by atoms with Crippen LogP contribution in [0.3, 0.4) is 0 Å². The Morgan fingerprint density at radius 1 is 1.00 bits per heavy atom. The van der Waals surface area contributed by atoms with E-state index in [-0.39, 0.29) is 0 Å². The van der Waals surface area contributed by atoms with Gasteiger partial charge in [0.2, 0.25) is 0 Å². The molecule has 0 radical (unpaired) electrons. The molecule has 0 aromatic heterocycles. The highest BCUT2D eigenvalue weighted by Crippen LogP contribution is 2.16. The minimum atomic E-state index is 0.304. The van der Waals surface area contributed by atoms with Crippen molar-refractivity contribution in [1.82, 2.24) is 0 Å². The normalized spacial score (nSPS) is 14.7. The average molecular weight is 195 g/mol. The lowest BCUT2D eigenvalue weighted by Gasteiger charge is -2.08. The summed E-state index contributed by atoms with van der Waals surface area (Å²) >= 11 is 0. The monoisotopic (exact) mass is 195 g/mol. The van der Waals surface area contributed by atoms with Crippen LogP contribution in [0.2, 0.25) is 0 Å². The molecule has 0 fully saturated rings. The molecule has 0 bridgehead atoms. The highest BCUT2D eigenvalue weighted by atomic mass is 14.3. The van der Waals surface area contributed by atoms with Gasteiger partial charge in [0.15, 0.2) is 0 Å². The number of nitrogens with zero attached hydrogens (tertiary/aromatic N) is 1. The summed E-state index contributed by atoms with van der Waals surface area (Å²) in [6.45, 7) is 6.69. The van der Waals surface area contributed by atoms with Gasteiger partial charge in [0, 0.05) is 5.92 Å². The second kappa shape index (κ2) is 9.06. The molecule has 0 saturated carbocycles. The van der Waals surface area contributed by atoms with E-state index in [0.29, 0.717) is 5.92 Å². The number of nitriles is 1. The zero-order valence-electron chi connectivity index (χ0n) is 10.1. The molecule has 82 valence electrons. The summed E-state index contributed by atoms with van der Waals surface area (Å²) in [4.78, 5) is 0. The Morgan fingerprint density at radius 3 is 2.14 bits per heavy atom. The summed E-state index contributed by atoms with van der Waals surface area (Å²) in [5.41, 5.74) is 0. The summed E-state index contributed by atoms with van der Waals surface area (Å²) in [5, 5.41) is 8.76. The first-order chi connectivity index (χ1) is 6.74. The van der Waals surface area contributed by atoms with E-state index in [1.165, 1.54) is 32.1 Å². The summed E-state index contributed by atoms with van der Waals surface area (Å²) in [6.07, 6.45) is 8.67. The van der Waals surface area contributed by atoms with Crippen molar-refractivity contribution in [2.75, 3.05) is 0 Å². The first kappa shape index (κ1) is 13.5. The molecular weight excluding hydrogens is 170 g/mol. The van der Waals surface area contributed by atoms with Crippen LogP contribution in [0.4, 0.5) is 0 Å². The lowest BCUT2D eigenvalue weighted by Crippen LogP contribution is -1.95. The van der Waals surface area contributed by atoms with Gasteiger partial charge in [-0.3, -0.25) is 0 Å². The van der Waals surface area contributed by atoms with Crippen LogP contribution in [-0.2, 0) is 0 Å². The summed E-state index contributed by atoms with van der Waals surface area (Å²) in [6, 6.07) is 2.36. The van der Waals surface area contributed by atoms with E-state index in [1.807, 2.05) is 0 Å². The van der Waals surface area contributed by atoms with Gasteiger partial charge in [-0.05, 0) is 18.8 Å². The van der Waals surface area contributed by atoms with E-state index in [0.717, 1.165) is 18.8 Å². The third-order valence-corrected chi connectivity index (χ3v) is 3.12. The Morgan fingerprint density at radius 2 is 1.64 bits per heavy atom. The molecule has 0 aliphatic heterocycles. The van der Waals surface area contributed by atoms with Crippen molar-refractivity contribution in [3.8, 4) is 6.07 Å². The SMILES string of the molecule is CCC(C)CCCCCC(C#N)CC. The van der Waals surface area contributed by atoms with Gasteiger partial charge in [-0.15, -0.1) is 0 Å². The van der Waals surface area contributed by atoms with Crippen molar-refractivity contribution in [1.29, 1.82) is 5.26 Å². The fourth-order valence-electron chi connectivity index (χ4n) is 1.62. The summed E-state index contributed by atoms with van der Waals surface area (Å²) < 4.78 is 0. The van der Waals surface area contributed by atoms with Crippen LogP contribution in [0.5, 0.6) is 0 Å². The predicted octanol–water partition coefficient (Wildman–Crippen LogP) is 4.53. The van der Waals surface area contributed by atoms with E-state index >= 15 is 0 Å². The zero-order chi connectivity index (χ0) is 10.8. The molecule has 1 heteroatoms. The molecule has 0 spiro atoms. The van der Waals surface area contributed by atoms with Crippen molar-refractivity contribution >= 4 is 0 Å². The van der Waals surface area contributed by atoms with E-state index in [9.17, 15) is 0 Å². The fraction of sp³-hybridized carbons (Fsp3) is 0.923. The van der Waals surface area contributed by atoms with Crippen molar-refractivity contribution < 1.29 is 0 Å². The fourth-order valence-corrected chi connectivity index (χ4v) is 1.62. The Balaban J connectivity index is 3.25. The molecule has 2 unspecified atom stereocenters.